The molecule has 2 aromatic carbocycles. The van der Waals surface area contributed by atoms with Crippen LogP contribution in [0.2, 0.25) is 0 Å². The normalized spacial score (nSPS) is 12.1. The Hall–Kier alpha value is -2.99. The van der Waals surface area contributed by atoms with Gasteiger partial charge in [-0.25, -0.2) is 9.97 Å². The van der Waals surface area contributed by atoms with Gasteiger partial charge in [-0.05, 0) is 149 Å². The third kappa shape index (κ3) is 4.20. The Morgan fingerprint density at radius 3 is 1.52 bits per heavy atom. The average molecular weight is 440 g/mol. The van der Waals surface area contributed by atoms with Crippen LogP contribution in [0.4, 0.5) is 0 Å². The molecule has 0 saturated carbocycles. The van der Waals surface area contributed by atoms with Crippen LogP contribution in [0.5, 0.6) is 0 Å². The van der Waals surface area contributed by atoms with E-state index < -0.39 is 5.92 Å². The first kappa shape index (κ1) is 24.6. The zero-order valence-electron chi connectivity index (χ0n) is 22.2. The highest BCUT2D eigenvalue weighted by atomic mass is 14.9. The van der Waals surface area contributed by atoms with Crippen molar-refractivity contribution in [1.82, 2.24) is 9.97 Å². The SMILES string of the molecule is Cc1nc(Cc2c(C)c(C)c(C)c(C)c2C)cc(C(C#N)c2c(C)c(C)c(C)c(C)c2C)n1. The zero-order valence-corrected chi connectivity index (χ0v) is 22.2. The Kier molecular flexibility index (Phi) is 6.80. The number of hydrogen-bond acceptors (Lipinski definition) is 3. The van der Waals surface area contributed by atoms with E-state index in [-0.39, 0.29) is 0 Å². The molecule has 0 amide bonds. The monoisotopic (exact) mass is 439 g/mol. The van der Waals surface area contributed by atoms with Crippen molar-refractivity contribution in [2.45, 2.75) is 88.5 Å². The maximum atomic E-state index is 10.3. The summed E-state index contributed by atoms with van der Waals surface area (Å²) in [7, 11) is 0. The number of benzene rings is 2. The third-order valence-electron chi connectivity index (χ3n) is 8.20. The van der Waals surface area contributed by atoms with Crippen molar-refractivity contribution in [2.24, 2.45) is 0 Å². The molecule has 172 valence electrons. The summed E-state index contributed by atoms with van der Waals surface area (Å²) in [6.45, 7) is 23.7. The smallest absolute Gasteiger partial charge is 0.125 e. The Labute approximate surface area is 199 Å². The quantitative estimate of drug-likeness (QED) is 0.435. The summed E-state index contributed by atoms with van der Waals surface area (Å²) in [4.78, 5) is 9.52. The third-order valence-corrected chi connectivity index (χ3v) is 8.20. The van der Waals surface area contributed by atoms with Crippen LogP contribution in [0, 0.1) is 87.5 Å². The van der Waals surface area contributed by atoms with Gasteiger partial charge in [-0.15, -0.1) is 0 Å². The van der Waals surface area contributed by atoms with E-state index in [0.29, 0.717) is 0 Å². The molecule has 1 heterocycles. The summed E-state index contributed by atoms with van der Waals surface area (Å²) in [6, 6.07) is 4.62. The van der Waals surface area contributed by atoms with E-state index in [9.17, 15) is 5.26 Å². The van der Waals surface area contributed by atoms with E-state index >= 15 is 0 Å². The van der Waals surface area contributed by atoms with Crippen LogP contribution in [0.1, 0.15) is 89.9 Å². The van der Waals surface area contributed by atoms with Crippen molar-refractivity contribution >= 4 is 0 Å². The summed E-state index contributed by atoms with van der Waals surface area (Å²) >= 11 is 0. The van der Waals surface area contributed by atoms with Crippen LogP contribution in [-0.2, 0) is 6.42 Å². The van der Waals surface area contributed by atoms with E-state index in [4.69, 9.17) is 9.97 Å². The summed E-state index contributed by atoms with van der Waals surface area (Å²) in [5, 5.41) is 10.3. The topological polar surface area (TPSA) is 49.6 Å². The summed E-state index contributed by atoms with van der Waals surface area (Å²) < 4.78 is 0. The molecule has 0 aliphatic heterocycles. The van der Waals surface area contributed by atoms with Gasteiger partial charge in [-0.2, -0.15) is 5.26 Å². The molecule has 1 aromatic heterocycles. The predicted molar refractivity (Wildman–Crippen MR) is 137 cm³/mol. The van der Waals surface area contributed by atoms with Gasteiger partial charge in [0.05, 0.1) is 11.8 Å². The summed E-state index contributed by atoms with van der Waals surface area (Å²) in [6.07, 6.45) is 0.748. The highest BCUT2D eigenvalue weighted by Gasteiger charge is 2.24. The van der Waals surface area contributed by atoms with Gasteiger partial charge in [0, 0.05) is 12.1 Å². The first-order valence-corrected chi connectivity index (χ1v) is 11.8. The van der Waals surface area contributed by atoms with Crippen molar-refractivity contribution in [3.8, 4) is 6.07 Å². The van der Waals surface area contributed by atoms with Gasteiger partial charge >= 0.3 is 0 Å². The number of nitriles is 1. The summed E-state index contributed by atoms with van der Waals surface area (Å²) in [5.74, 6) is 0.307. The van der Waals surface area contributed by atoms with Crippen molar-refractivity contribution < 1.29 is 0 Å². The fourth-order valence-corrected chi connectivity index (χ4v) is 5.16. The van der Waals surface area contributed by atoms with Gasteiger partial charge in [-0.1, -0.05) is 0 Å². The highest BCUT2D eigenvalue weighted by Crippen LogP contribution is 2.35. The molecular weight excluding hydrogens is 402 g/mol. The number of nitrogens with zero attached hydrogens (tertiary/aromatic N) is 3. The largest absolute Gasteiger partial charge is 0.238 e. The minimum Gasteiger partial charge on any atom is -0.238 e. The molecule has 3 aromatic rings. The van der Waals surface area contributed by atoms with Crippen LogP contribution in [0.15, 0.2) is 6.07 Å². The van der Waals surface area contributed by atoms with E-state index in [1.807, 2.05) is 13.0 Å². The minimum atomic E-state index is -0.410. The lowest BCUT2D eigenvalue weighted by Crippen LogP contribution is -2.12. The van der Waals surface area contributed by atoms with Gasteiger partial charge in [0.25, 0.3) is 0 Å². The molecule has 1 atom stereocenters. The lowest BCUT2D eigenvalue weighted by atomic mass is 9.82. The second-order valence-corrected chi connectivity index (χ2v) is 9.71. The van der Waals surface area contributed by atoms with Crippen molar-refractivity contribution in [3.05, 3.63) is 90.0 Å². The van der Waals surface area contributed by atoms with E-state index in [2.05, 4.69) is 75.3 Å². The fraction of sp³-hybridized carbons (Fsp3) is 0.433. The van der Waals surface area contributed by atoms with Gasteiger partial charge in [-0.3, -0.25) is 0 Å². The lowest BCUT2D eigenvalue weighted by molar-refractivity contribution is 0.862. The molecule has 3 nitrogen and oxygen atoms in total. The first-order chi connectivity index (χ1) is 15.4. The Morgan fingerprint density at radius 1 is 0.636 bits per heavy atom. The van der Waals surface area contributed by atoms with Crippen LogP contribution < -0.4 is 0 Å². The Morgan fingerprint density at radius 2 is 1.06 bits per heavy atom. The molecule has 0 saturated heterocycles. The number of rotatable bonds is 4. The molecule has 0 spiro atoms. The minimum absolute atomic E-state index is 0.410. The lowest BCUT2D eigenvalue weighted by Gasteiger charge is -2.22. The van der Waals surface area contributed by atoms with Crippen LogP contribution in [0.25, 0.3) is 0 Å². The molecule has 33 heavy (non-hydrogen) atoms. The van der Waals surface area contributed by atoms with E-state index in [0.717, 1.165) is 29.2 Å². The molecule has 0 fully saturated rings. The van der Waals surface area contributed by atoms with Gasteiger partial charge < -0.3 is 0 Å². The Bertz CT molecular complexity index is 1250. The summed E-state index contributed by atoms with van der Waals surface area (Å²) in [5.41, 5.74) is 17.2. The van der Waals surface area contributed by atoms with Crippen LogP contribution in [0.3, 0.4) is 0 Å². The first-order valence-electron chi connectivity index (χ1n) is 11.8. The standard InChI is InChI=1S/C30H37N3/c1-15-17(3)21(7)27(22(8)18(15)4)12-26-13-29(33-25(11)32-26)28(14-31)30-23(9)19(5)16(2)20(6)24(30)10/h13,28H,12H2,1-11H3. The predicted octanol–water partition coefficient (Wildman–Crippen LogP) is 7.12. The van der Waals surface area contributed by atoms with Crippen molar-refractivity contribution in [2.75, 3.05) is 0 Å². The molecule has 1 unspecified atom stereocenters. The molecule has 0 aliphatic carbocycles. The Balaban J connectivity index is 2.17. The van der Waals surface area contributed by atoms with Gasteiger partial charge in [0.1, 0.15) is 11.7 Å². The second-order valence-electron chi connectivity index (χ2n) is 9.71. The molecule has 3 rings (SSSR count). The van der Waals surface area contributed by atoms with Crippen LogP contribution in [-0.4, -0.2) is 9.97 Å². The maximum Gasteiger partial charge on any atom is 0.125 e. The molecule has 0 aliphatic rings. The average Bonchev–Trinajstić information content (AvgIpc) is 2.79. The second kappa shape index (κ2) is 9.10. The maximum absolute atomic E-state index is 10.3. The van der Waals surface area contributed by atoms with Gasteiger partial charge in [0.15, 0.2) is 0 Å². The zero-order chi connectivity index (χ0) is 24.8. The van der Waals surface area contributed by atoms with Crippen molar-refractivity contribution in [3.63, 3.8) is 0 Å². The molecule has 0 N–H and O–H groups in total. The molecule has 0 radical (unpaired) electrons. The molecular formula is C30H37N3. The van der Waals surface area contributed by atoms with E-state index in [1.165, 1.54) is 61.2 Å². The van der Waals surface area contributed by atoms with Gasteiger partial charge in [0.2, 0.25) is 0 Å². The molecule has 0 bridgehead atoms. The molecule has 3 heteroatoms. The van der Waals surface area contributed by atoms with Crippen molar-refractivity contribution in [1.29, 1.82) is 5.26 Å². The highest BCUT2D eigenvalue weighted by molar-refractivity contribution is 5.55. The number of hydrogen-bond donors (Lipinski definition) is 0. The number of aryl methyl sites for hydroxylation is 1. The van der Waals surface area contributed by atoms with Crippen LogP contribution >= 0.6 is 0 Å². The van der Waals surface area contributed by atoms with E-state index in [1.54, 1.807) is 0 Å². The fourth-order valence-electron chi connectivity index (χ4n) is 5.16. The number of aromatic nitrogens is 2.